The van der Waals surface area contributed by atoms with Gasteiger partial charge in [0.1, 0.15) is 11.4 Å². The molecule has 1 aromatic carbocycles. The molecule has 0 unspecified atom stereocenters. The molecule has 2 rings (SSSR count). The molecular weight excluding hydrogens is 332 g/mol. The van der Waals surface area contributed by atoms with Crippen LogP contribution in [0.15, 0.2) is 30.3 Å². The molecule has 0 saturated carbocycles. The number of nitrogens with zero attached hydrogens (tertiary/aromatic N) is 1. The summed E-state index contributed by atoms with van der Waals surface area (Å²) in [5.74, 6) is 0.578. The van der Waals surface area contributed by atoms with E-state index in [2.05, 4.69) is 5.32 Å². The molecule has 1 fully saturated rings. The van der Waals surface area contributed by atoms with Gasteiger partial charge in [-0.15, -0.1) is 0 Å². The van der Waals surface area contributed by atoms with Crippen LogP contribution in [0.2, 0.25) is 0 Å². The number of likely N-dealkylation sites (tertiary alicyclic amines) is 1. The summed E-state index contributed by atoms with van der Waals surface area (Å²) in [7, 11) is 1.60. The van der Waals surface area contributed by atoms with E-state index in [1.807, 2.05) is 45.0 Å². The quantitative estimate of drug-likeness (QED) is 0.837. The molecule has 6 heteroatoms. The Labute approximate surface area is 155 Å². The summed E-state index contributed by atoms with van der Waals surface area (Å²) < 4.78 is 10.6. The number of nitrogens with one attached hydrogen (secondary N) is 1. The molecule has 0 aromatic heterocycles. The van der Waals surface area contributed by atoms with Crippen LogP contribution in [0.4, 0.5) is 4.79 Å². The largest absolute Gasteiger partial charge is 0.496 e. The Bertz CT molecular complexity index is 656. The van der Waals surface area contributed by atoms with E-state index in [1.165, 1.54) is 6.08 Å². The highest BCUT2D eigenvalue weighted by atomic mass is 16.6. The lowest BCUT2D eigenvalue weighted by Gasteiger charge is -2.33. The number of piperidine rings is 1. The van der Waals surface area contributed by atoms with Crippen molar-refractivity contribution >= 4 is 18.1 Å². The van der Waals surface area contributed by atoms with Gasteiger partial charge in [0.15, 0.2) is 0 Å². The fraction of sp³-hybridized carbons (Fsp3) is 0.500. The molecule has 0 radical (unpaired) electrons. The summed E-state index contributed by atoms with van der Waals surface area (Å²) in [6.45, 7) is 6.72. The van der Waals surface area contributed by atoms with E-state index in [0.29, 0.717) is 25.9 Å². The minimum absolute atomic E-state index is 0.0588. The van der Waals surface area contributed by atoms with Crippen molar-refractivity contribution in [1.29, 1.82) is 0 Å². The number of hydrogen-bond donors (Lipinski definition) is 1. The first kappa shape index (κ1) is 19.8. The Morgan fingerprint density at radius 2 is 1.85 bits per heavy atom. The van der Waals surface area contributed by atoms with E-state index in [0.717, 1.165) is 11.3 Å². The third-order valence-corrected chi connectivity index (χ3v) is 4.05. The normalized spacial score (nSPS) is 15.8. The van der Waals surface area contributed by atoms with Gasteiger partial charge in [0.2, 0.25) is 5.91 Å². The van der Waals surface area contributed by atoms with E-state index in [1.54, 1.807) is 18.1 Å². The van der Waals surface area contributed by atoms with Gasteiger partial charge < -0.3 is 19.7 Å². The summed E-state index contributed by atoms with van der Waals surface area (Å²) >= 11 is 0. The van der Waals surface area contributed by atoms with Crippen LogP contribution in [-0.4, -0.2) is 48.7 Å². The molecule has 0 atom stereocenters. The van der Waals surface area contributed by atoms with E-state index >= 15 is 0 Å². The summed E-state index contributed by atoms with van der Waals surface area (Å²) in [5, 5.41) is 2.99. The number of amides is 2. The maximum absolute atomic E-state index is 12.1. The maximum Gasteiger partial charge on any atom is 0.410 e. The Kier molecular flexibility index (Phi) is 6.66. The number of benzene rings is 1. The molecule has 6 nitrogen and oxygen atoms in total. The highest BCUT2D eigenvalue weighted by Crippen LogP contribution is 2.19. The van der Waals surface area contributed by atoms with Gasteiger partial charge in [-0.05, 0) is 45.8 Å². The smallest absolute Gasteiger partial charge is 0.410 e. The van der Waals surface area contributed by atoms with Crippen LogP contribution in [-0.2, 0) is 9.53 Å². The fourth-order valence-electron chi connectivity index (χ4n) is 2.75. The van der Waals surface area contributed by atoms with Gasteiger partial charge in [-0.3, -0.25) is 4.79 Å². The van der Waals surface area contributed by atoms with Gasteiger partial charge in [0.05, 0.1) is 7.11 Å². The van der Waals surface area contributed by atoms with E-state index in [4.69, 9.17) is 9.47 Å². The van der Waals surface area contributed by atoms with Crippen molar-refractivity contribution in [2.75, 3.05) is 20.2 Å². The SMILES string of the molecule is COc1ccccc1/C=C/C(=O)NC1CCN(C(=O)OC(C)(C)C)CC1. The molecule has 1 aliphatic rings. The van der Waals surface area contributed by atoms with Crippen LogP contribution in [0.3, 0.4) is 0 Å². The molecule has 0 spiro atoms. The molecular formula is C20H28N2O4. The summed E-state index contributed by atoms with van der Waals surface area (Å²) in [6, 6.07) is 7.58. The zero-order valence-electron chi connectivity index (χ0n) is 16.0. The fourth-order valence-corrected chi connectivity index (χ4v) is 2.75. The summed E-state index contributed by atoms with van der Waals surface area (Å²) in [4.78, 5) is 25.9. The lowest BCUT2D eigenvalue weighted by molar-refractivity contribution is -0.117. The molecule has 1 heterocycles. The molecule has 142 valence electrons. The maximum atomic E-state index is 12.1. The predicted octanol–water partition coefficient (Wildman–Crippen LogP) is 3.22. The Hall–Kier alpha value is -2.50. The third-order valence-electron chi connectivity index (χ3n) is 4.05. The van der Waals surface area contributed by atoms with Crippen LogP contribution in [0.1, 0.15) is 39.2 Å². The molecule has 1 saturated heterocycles. The third kappa shape index (κ3) is 6.10. The number of carbonyl (C=O) groups is 2. The van der Waals surface area contributed by atoms with E-state index in [-0.39, 0.29) is 18.0 Å². The Morgan fingerprint density at radius 1 is 1.19 bits per heavy atom. The predicted molar refractivity (Wildman–Crippen MR) is 101 cm³/mol. The second kappa shape index (κ2) is 8.74. The van der Waals surface area contributed by atoms with E-state index in [9.17, 15) is 9.59 Å². The Balaban J connectivity index is 1.81. The van der Waals surface area contributed by atoms with Crippen LogP contribution in [0.5, 0.6) is 5.75 Å². The van der Waals surface area contributed by atoms with E-state index < -0.39 is 5.60 Å². The monoisotopic (exact) mass is 360 g/mol. The lowest BCUT2D eigenvalue weighted by Crippen LogP contribution is -2.47. The number of carbonyl (C=O) groups excluding carboxylic acids is 2. The molecule has 26 heavy (non-hydrogen) atoms. The minimum atomic E-state index is -0.495. The number of para-hydroxylation sites is 1. The van der Waals surface area contributed by atoms with Gasteiger partial charge in [-0.25, -0.2) is 4.79 Å². The van der Waals surface area contributed by atoms with Crippen molar-refractivity contribution in [2.45, 2.75) is 45.3 Å². The van der Waals surface area contributed by atoms with Crippen molar-refractivity contribution < 1.29 is 19.1 Å². The van der Waals surface area contributed by atoms with Crippen molar-refractivity contribution in [3.8, 4) is 5.75 Å². The highest BCUT2D eigenvalue weighted by molar-refractivity contribution is 5.92. The first-order chi connectivity index (χ1) is 12.3. The van der Waals surface area contributed by atoms with Gasteiger partial charge in [-0.1, -0.05) is 18.2 Å². The molecule has 0 aliphatic carbocycles. The van der Waals surface area contributed by atoms with Crippen molar-refractivity contribution in [2.24, 2.45) is 0 Å². The average Bonchev–Trinajstić information content (AvgIpc) is 2.59. The van der Waals surface area contributed by atoms with Gasteiger partial charge in [0, 0.05) is 30.8 Å². The van der Waals surface area contributed by atoms with Crippen LogP contribution >= 0.6 is 0 Å². The first-order valence-electron chi connectivity index (χ1n) is 8.88. The van der Waals surface area contributed by atoms with Crippen LogP contribution in [0, 0.1) is 0 Å². The number of hydrogen-bond acceptors (Lipinski definition) is 4. The number of rotatable bonds is 4. The molecule has 0 bridgehead atoms. The van der Waals surface area contributed by atoms with Crippen molar-refractivity contribution in [3.63, 3.8) is 0 Å². The van der Waals surface area contributed by atoms with Crippen LogP contribution < -0.4 is 10.1 Å². The summed E-state index contributed by atoms with van der Waals surface area (Å²) in [6.07, 6.45) is 4.39. The van der Waals surface area contributed by atoms with Gasteiger partial charge in [0.25, 0.3) is 0 Å². The van der Waals surface area contributed by atoms with Crippen molar-refractivity contribution in [1.82, 2.24) is 10.2 Å². The molecule has 1 aliphatic heterocycles. The van der Waals surface area contributed by atoms with Gasteiger partial charge >= 0.3 is 6.09 Å². The van der Waals surface area contributed by atoms with Crippen molar-refractivity contribution in [3.05, 3.63) is 35.9 Å². The lowest BCUT2D eigenvalue weighted by atomic mass is 10.1. The second-order valence-corrected chi connectivity index (χ2v) is 7.33. The zero-order chi connectivity index (χ0) is 19.2. The number of ether oxygens (including phenoxy) is 2. The average molecular weight is 360 g/mol. The second-order valence-electron chi connectivity index (χ2n) is 7.33. The molecule has 1 aromatic rings. The summed E-state index contributed by atoms with van der Waals surface area (Å²) in [5.41, 5.74) is 0.357. The standard InChI is InChI=1S/C20H28N2O4/c1-20(2,3)26-19(24)22-13-11-16(12-14-22)21-18(23)10-9-15-7-5-6-8-17(15)25-4/h5-10,16H,11-14H2,1-4H3,(H,21,23)/b10-9+. The van der Waals surface area contributed by atoms with Gasteiger partial charge in [-0.2, -0.15) is 0 Å². The minimum Gasteiger partial charge on any atom is -0.496 e. The van der Waals surface area contributed by atoms with Crippen LogP contribution in [0.25, 0.3) is 6.08 Å². The number of methoxy groups -OCH3 is 1. The zero-order valence-corrected chi connectivity index (χ0v) is 16.0. The topological polar surface area (TPSA) is 67.9 Å². The highest BCUT2D eigenvalue weighted by Gasteiger charge is 2.27. The molecule has 1 N–H and O–H groups in total. The Morgan fingerprint density at radius 3 is 2.46 bits per heavy atom. The molecule has 2 amide bonds. The first-order valence-corrected chi connectivity index (χ1v) is 8.88.